The lowest BCUT2D eigenvalue weighted by Gasteiger charge is -2.23. The molecule has 0 amide bonds. The van der Waals surface area contributed by atoms with Crippen molar-refractivity contribution in [2.75, 3.05) is 7.11 Å². The lowest BCUT2D eigenvalue weighted by atomic mass is 10.1. The van der Waals surface area contributed by atoms with Gasteiger partial charge >= 0.3 is 0 Å². The van der Waals surface area contributed by atoms with Crippen molar-refractivity contribution in [3.8, 4) is 5.75 Å². The molecule has 0 radical (unpaired) electrons. The second-order valence-electron chi connectivity index (χ2n) is 5.62. The van der Waals surface area contributed by atoms with Gasteiger partial charge in [-0.15, -0.1) is 0 Å². The van der Waals surface area contributed by atoms with E-state index in [1.54, 1.807) is 7.11 Å². The van der Waals surface area contributed by atoms with Gasteiger partial charge in [-0.1, -0.05) is 12.1 Å². The fourth-order valence-corrected chi connectivity index (χ4v) is 1.51. The van der Waals surface area contributed by atoms with Gasteiger partial charge in [-0.25, -0.2) is 0 Å². The molecule has 18 heavy (non-hydrogen) atoms. The zero-order valence-corrected chi connectivity index (χ0v) is 12.1. The molecule has 0 aliphatic carbocycles. The summed E-state index contributed by atoms with van der Waals surface area (Å²) >= 11 is 0. The summed E-state index contributed by atoms with van der Waals surface area (Å²) in [6.45, 7) is 8.25. The van der Waals surface area contributed by atoms with Crippen LogP contribution in [0.5, 0.6) is 5.75 Å². The summed E-state index contributed by atoms with van der Waals surface area (Å²) in [5.74, 6) is 0.904. The lowest BCUT2D eigenvalue weighted by Crippen LogP contribution is -2.35. The standard InChI is InChI=1S/C15H25NO2/c1-12(16-18-15(2,3)4)6-7-13-8-10-14(17-5)11-9-13/h8-12,16H,6-7H2,1-5H3. The second-order valence-corrected chi connectivity index (χ2v) is 5.62. The van der Waals surface area contributed by atoms with Crippen LogP contribution >= 0.6 is 0 Å². The van der Waals surface area contributed by atoms with E-state index < -0.39 is 0 Å². The molecule has 0 heterocycles. The summed E-state index contributed by atoms with van der Waals surface area (Å²) in [4.78, 5) is 5.55. The molecule has 1 rings (SSSR count). The quantitative estimate of drug-likeness (QED) is 0.787. The Balaban J connectivity index is 2.31. The molecule has 1 N–H and O–H groups in total. The van der Waals surface area contributed by atoms with Gasteiger partial charge in [-0.2, -0.15) is 5.48 Å². The number of hydroxylamine groups is 1. The highest BCUT2D eigenvalue weighted by atomic mass is 16.7. The first kappa shape index (κ1) is 15.0. The monoisotopic (exact) mass is 251 g/mol. The van der Waals surface area contributed by atoms with Crippen LogP contribution in [0, 0.1) is 0 Å². The van der Waals surface area contributed by atoms with Crippen molar-refractivity contribution in [2.24, 2.45) is 0 Å². The number of benzene rings is 1. The number of nitrogens with one attached hydrogen (secondary N) is 1. The third-order valence-electron chi connectivity index (χ3n) is 2.59. The van der Waals surface area contributed by atoms with Crippen molar-refractivity contribution < 1.29 is 9.57 Å². The van der Waals surface area contributed by atoms with Crippen LogP contribution in [-0.4, -0.2) is 18.8 Å². The molecule has 0 fully saturated rings. The van der Waals surface area contributed by atoms with Crippen LogP contribution < -0.4 is 10.2 Å². The summed E-state index contributed by atoms with van der Waals surface area (Å²) in [5, 5.41) is 0. The van der Waals surface area contributed by atoms with Crippen molar-refractivity contribution >= 4 is 0 Å². The predicted octanol–water partition coefficient (Wildman–Crippen LogP) is 3.34. The Hall–Kier alpha value is -1.06. The average molecular weight is 251 g/mol. The number of methoxy groups -OCH3 is 1. The van der Waals surface area contributed by atoms with E-state index in [1.165, 1.54) is 5.56 Å². The van der Waals surface area contributed by atoms with Crippen molar-refractivity contribution in [3.63, 3.8) is 0 Å². The molecule has 1 unspecified atom stereocenters. The third-order valence-corrected chi connectivity index (χ3v) is 2.59. The van der Waals surface area contributed by atoms with Crippen molar-refractivity contribution in [1.82, 2.24) is 5.48 Å². The summed E-state index contributed by atoms with van der Waals surface area (Å²) < 4.78 is 5.14. The van der Waals surface area contributed by atoms with Crippen LogP contribution in [-0.2, 0) is 11.3 Å². The third kappa shape index (κ3) is 6.03. The minimum Gasteiger partial charge on any atom is -0.497 e. The number of hydrogen-bond donors (Lipinski definition) is 1. The largest absolute Gasteiger partial charge is 0.497 e. The average Bonchev–Trinajstić information content (AvgIpc) is 2.33. The molecule has 102 valence electrons. The molecular formula is C15H25NO2. The molecule has 1 atom stereocenters. The van der Waals surface area contributed by atoms with E-state index in [4.69, 9.17) is 9.57 Å². The molecule has 3 heteroatoms. The van der Waals surface area contributed by atoms with E-state index in [0.717, 1.165) is 18.6 Å². The molecule has 3 nitrogen and oxygen atoms in total. The fraction of sp³-hybridized carbons (Fsp3) is 0.600. The summed E-state index contributed by atoms with van der Waals surface area (Å²) in [6.07, 6.45) is 2.08. The first-order valence-electron chi connectivity index (χ1n) is 6.47. The molecule has 1 aromatic rings. The molecule has 0 aliphatic rings. The van der Waals surface area contributed by atoms with E-state index in [1.807, 2.05) is 32.9 Å². The van der Waals surface area contributed by atoms with Crippen LogP contribution in [0.4, 0.5) is 0 Å². The van der Waals surface area contributed by atoms with E-state index in [2.05, 4.69) is 24.5 Å². The molecular weight excluding hydrogens is 226 g/mol. The van der Waals surface area contributed by atoms with E-state index >= 15 is 0 Å². The van der Waals surface area contributed by atoms with Crippen LogP contribution in [0.25, 0.3) is 0 Å². The first-order chi connectivity index (χ1) is 8.40. The number of aryl methyl sites for hydroxylation is 1. The molecule has 0 aromatic heterocycles. The molecule has 0 spiro atoms. The highest BCUT2D eigenvalue weighted by Crippen LogP contribution is 2.13. The van der Waals surface area contributed by atoms with Gasteiger partial charge in [0.2, 0.25) is 0 Å². The van der Waals surface area contributed by atoms with Crippen molar-refractivity contribution in [2.45, 2.75) is 52.2 Å². The van der Waals surface area contributed by atoms with E-state index in [9.17, 15) is 0 Å². The smallest absolute Gasteiger partial charge is 0.118 e. The van der Waals surface area contributed by atoms with Gasteiger partial charge in [0.05, 0.1) is 12.7 Å². The van der Waals surface area contributed by atoms with E-state index in [0.29, 0.717) is 6.04 Å². The summed E-state index contributed by atoms with van der Waals surface area (Å²) in [6, 6.07) is 8.55. The summed E-state index contributed by atoms with van der Waals surface area (Å²) in [7, 11) is 1.69. The van der Waals surface area contributed by atoms with Crippen LogP contribution in [0.15, 0.2) is 24.3 Å². The van der Waals surface area contributed by atoms with Gasteiger partial charge in [0.25, 0.3) is 0 Å². The Labute approximate surface area is 110 Å². The number of rotatable bonds is 6. The Morgan fingerprint density at radius 2 is 1.78 bits per heavy atom. The van der Waals surface area contributed by atoms with Gasteiger partial charge in [-0.3, -0.25) is 4.84 Å². The molecule has 0 saturated carbocycles. The molecule has 0 bridgehead atoms. The summed E-state index contributed by atoms with van der Waals surface area (Å²) in [5.41, 5.74) is 4.27. The Morgan fingerprint density at radius 1 is 1.17 bits per heavy atom. The maximum absolute atomic E-state index is 5.55. The predicted molar refractivity (Wildman–Crippen MR) is 74.8 cm³/mol. The fourth-order valence-electron chi connectivity index (χ4n) is 1.51. The van der Waals surface area contributed by atoms with Gasteiger partial charge in [0.15, 0.2) is 0 Å². The zero-order valence-electron chi connectivity index (χ0n) is 12.1. The van der Waals surface area contributed by atoms with Crippen LogP contribution in [0.3, 0.4) is 0 Å². The molecule has 0 aliphatic heterocycles. The van der Waals surface area contributed by atoms with Gasteiger partial charge in [0.1, 0.15) is 5.75 Å². The van der Waals surface area contributed by atoms with Crippen molar-refractivity contribution in [3.05, 3.63) is 29.8 Å². The highest BCUT2D eigenvalue weighted by Gasteiger charge is 2.12. The normalized spacial score (nSPS) is 13.4. The Kier molecular flexibility index (Phi) is 5.63. The Morgan fingerprint density at radius 3 is 2.28 bits per heavy atom. The second kappa shape index (κ2) is 6.76. The minimum absolute atomic E-state index is 0.144. The zero-order chi connectivity index (χ0) is 13.6. The van der Waals surface area contributed by atoms with Gasteiger partial charge in [0, 0.05) is 6.04 Å². The first-order valence-corrected chi connectivity index (χ1v) is 6.47. The maximum Gasteiger partial charge on any atom is 0.118 e. The van der Waals surface area contributed by atoms with E-state index in [-0.39, 0.29) is 5.60 Å². The topological polar surface area (TPSA) is 30.5 Å². The minimum atomic E-state index is -0.144. The molecule has 0 saturated heterocycles. The lowest BCUT2D eigenvalue weighted by molar-refractivity contribution is -0.0867. The van der Waals surface area contributed by atoms with Gasteiger partial charge in [-0.05, 0) is 58.2 Å². The number of ether oxygens (including phenoxy) is 1. The van der Waals surface area contributed by atoms with Crippen LogP contribution in [0.1, 0.15) is 39.7 Å². The highest BCUT2D eigenvalue weighted by molar-refractivity contribution is 5.27. The maximum atomic E-state index is 5.55. The molecule has 1 aromatic carbocycles. The number of hydrogen-bond acceptors (Lipinski definition) is 3. The SMILES string of the molecule is COc1ccc(CCC(C)NOC(C)(C)C)cc1. The van der Waals surface area contributed by atoms with Crippen molar-refractivity contribution in [1.29, 1.82) is 0 Å². The Bertz CT molecular complexity index is 341. The van der Waals surface area contributed by atoms with Gasteiger partial charge < -0.3 is 4.74 Å². The van der Waals surface area contributed by atoms with Crippen LogP contribution in [0.2, 0.25) is 0 Å².